The average molecular weight is 695 g/mol. The van der Waals surface area contributed by atoms with E-state index in [2.05, 4.69) is 15.4 Å². The molecule has 0 fully saturated rings. The first-order chi connectivity index (χ1) is 23.2. The molecule has 0 heterocycles. The highest BCUT2D eigenvalue weighted by Gasteiger charge is 2.22. The molecule has 0 aliphatic heterocycles. The topological polar surface area (TPSA) is 210 Å². The molecule has 0 saturated heterocycles. The SMILES string of the molecule is CC(CCC(=O)OC(C)(C)C)NC(=O)C(CCc1ccc(O)cc1)NSCc1ccc([N+](=O)[O-])cc1.N=C(N)c1ccc(CNC=O)cc1. The van der Waals surface area contributed by atoms with Gasteiger partial charge < -0.3 is 26.2 Å². The number of carbonyl (C=O) groups is 3. The van der Waals surface area contributed by atoms with E-state index in [-0.39, 0.29) is 41.6 Å². The van der Waals surface area contributed by atoms with E-state index in [1.54, 1.807) is 36.4 Å². The van der Waals surface area contributed by atoms with Crippen LogP contribution in [0.3, 0.4) is 0 Å². The number of nitrogens with zero attached hydrogens (tertiary/aromatic N) is 1. The molecule has 0 aliphatic rings. The number of aromatic hydroxyl groups is 1. The van der Waals surface area contributed by atoms with Crippen molar-refractivity contribution in [2.75, 3.05) is 0 Å². The molecule has 0 spiro atoms. The molecule has 0 bridgehead atoms. The van der Waals surface area contributed by atoms with Gasteiger partial charge in [-0.25, -0.2) is 0 Å². The summed E-state index contributed by atoms with van der Waals surface area (Å²) in [5.74, 6) is 0.277. The van der Waals surface area contributed by atoms with Crippen molar-refractivity contribution < 1.29 is 29.2 Å². The number of benzene rings is 3. The first-order valence-electron chi connectivity index (χ1n) is 15.7. The van der Waals surface area contributed by atoms with E-state index in [4.69, 9.17) is 15.9 Å². The smallest absolute Gasteiger partial charge is 0.306 e. The lowest BCUT2D eigenvalue weighted by atomic mass is 10.0. The van der Waals surface area contributed by atoms with Gasteiger partial charge in [0, 0.05) is 42.5 Å². The van der Waals surface area contributed by atoms with E-state index in [1.165, 1.54) is 24.1 Å². The van der Waals surface area contributed by atoms with Gasteiger partial charge in [0.25, 0.3) is 5.69 Å². The molecule has 2 amide bonds. The number of hydrogen-bond donors (Lipinski definition) is 6. The molecule has 3 rings (SSSR count). The monoisotopic (exact) mass is 694 g/mol. The number of amidine groups is 1. The van der Waals surface area contributed by atoms with Crippen LogP contribution < -0.4 is 21.1 Å². The first kappa shape index (κ1) is 40.2. The molecule has 14 heteroatoms. The lowest BCUT2D eigenvalue weighted by molar-refractivity contribution is -0.384. The molecule has 0 saturated carbocycles. The van der Waals surface area contributed by atoms with Gasteiger partial charge in [-0.15, -0.1) is 0 Å². The molecule has 0 aliphatic carbocycles. The van der Waals surface area contributed by atoms with Crippen molar-refractivity contribution in [1.82, 2.24) is 15.4 Å². The molecule has 0 aromatic heterocycles. The first-order valence-corrected chi connectivity index (χ1v) is 16.7. The number of esters is 1. The summed E-state index contributed by atoms with van der Waals surface area (Å²) in [6.07, 6.45) is 2.46. The molecule has 0 radical (unpaired) electrons. The highest BCUT2D eigenvalue weighted by atomic mass is 32.2. The summed E-state index contributed by atoms with van der Waals surface area (Å²) in [6.45, 7) is 7.80. The van der Waals surface area contributed by atoms with Crippen molar-refractivity contribution in [3.8, 4) is 5.75 Å². The summed E-state index contributed by atoms with van der Waals surface area (Å²) in [5.41, 5.74) is 8.31. The number of ether oxygens (including phenoxy) is 1. The Labute approximate surface area is 291 Å². The number of aryl methyl sites for hydroxylation is 1. The maximum absolute atomic E-state index is 13.0. The van der Waals surface area contributed by atoms with Crippen LogP contribution in [0.4, 0.5) is 5.69 Å². The lowest BCUT2D eigenvalue weighted by Crippen LogP contribution is -2.45. The summed E-state index contributed by atoms with van der Waals surface area (Å²) >= 11 is 1.35. The second kappa shape index (κ2) is 20.4. The van der Waals surface area contributed by atoms with Crippen LogP contribution in [0.2, 0.25) is 0 Å². The van der Waals surface area contributed by atoms with Crippen molar-refractivity contribution in [3.63, 3.8) is 0 Å². The number of nitro benzene ring substituents is 1. The van der Waals surface area contributed by atoms with Gasteiger partial charge in [-0.3, -0.25) is 34.6 Å². The minimum absolute atomic E-state index is 0.0308. The number of amides is 2. The van der Waals surface area contributed by atoms with Crippen molar-refractivity contribution in [1.29, 1.82) is 5.41 Å². The standard InChI is InChI=1S/C26H35N3O6S.C9H11N3O/c1-18(5-16-24(31)35-26(2,3)4)27-25(32)23(15-10-19-8-13-22(30)14-9-19)28-36-17-20-6-11-21(12-7-20)29(33)34;10-9(11)8-3-1-7(2-4-8)5-12-6-13/h6-9,11-14,18,23,28,30H,5,10,15-17H2,1-4H3,(H,27,32);1-4,6H,5H2,(H3,10,11)(H,12,13). The number of non-ortho nitro benzene ring substituents is 1. The van der Waals surface area contributed by atoms with Crippen LogP contribution in [0.5, 0.6) is 5.75 Å². The summed E-state index contributed by atoms with van der Waals surface area (Å²) in [4.78, 5) is 45.4. The van der Waals surface area contributed by atoms with E-state index < -0.39 is 16.6 Å². The Morgan fingerprint density at radius 1 is 1.00 bits per heavy atom. The molecule has 2 unspecified atom stereocenters. The Kier molecular flexibility index (Phi) is 16.8. The number of nitrogen functional groups attached to an aromatic ring is 1. The zero-order chi connectivity index (χ0) is 36.4. The summed E-state index contributed by atoms with van der Waals surface area (Å²) in [7, 11) is 0. The van der Waals surface area contributed by atoms with Gasteiger partial charge in [0.2, 0.25) is 12.3 Å². The predicted octanol–water partition coefficient (Wildman–Crippen LogP) is 4.88. The maximum Gasteiger partial charge on any atom is 0.306 e. The van der Waals surface area contributed by atoms with E-state index in [9.17, 15) is 29.6 Å². The van der Waals surface area contributed by atoms with Crippen molar-refractivity contribution in [2.24, 2.45) is 5.73 Å². The number of nitro groups is 1. The van der Waals surface area contributed by atoms with Crippen LogP contribution in [-0.2, 0) is 37.8 Å². The van der Waals surface area contributed by atoms with Gasteiger partial charge in [0.05, 0.1) is 11.0 Å². The molecule has 49 heavy (non-hydrogen) atoms. The molecule has 3 aromatic rings. The van der Waals surface area contributed by atoms with Crippen LogP contribution in [0.15, 0.2) is 72.8 Å². The number of rotatable bonds is 17. The summed E-state index contributed by atoms with van der Waals surface area (Å²) < 4.78 is 8.55. The van der Waals surface area contributed by atoms with E-state index >= 15 is 0 Å². The van der Waals surface area contributed by atoms with Crippen LogP contribution >= 0.6 is 11.9 Å². The Morgan fingerprint density at radius 3 is 2.14 bits per heavy atom. The minimum atomic E-state index is -0.548. The Hall–Kier alpha value is -4.95. The minimum Gasteiger partial charge on any atom is -0.508 e. The Bertz CT molecular complexity index is 1510. The summed E-state index contributed by atoms with van der Waals surface area (Å²) in [6, 6.07) is 19.6. The second-order valence-corrected chi connectivity index (χ2v) is 13.0. The molecule has 264 valence electrons. The third kappa shape index (κ3) is 16.6. The van der Waals surface area contributed by atoms with Gasteiger partial charge in [-0.1, -0.05) is 60.5 Å². The van der Waals surface area contributed by atoms with Crippen molar-refractivity contribution >= 4 is 41.8 Å². The third-order valence-corrected chi connectivity index (χ3v) is 7.76. The number of nitrogens with one attached hydrogen (secondary N) is 4. The Balaban J connectivity index is 0.000000535. The van der Waals surface area contributed by atoms with Gasteiger partial charge in [-0.2, -0.15) is 0 Å². The molecule has 2 atom stereocenters. The van der Waals surface area contributed by atoms with Gasteiger partial charge in [0.15, 0.2) is 0 Å². The molecular weight excluding hydrogens is 648 g/mol. The molecular formula is C35H46N6O7S. The highest BCUT2D eigenvalue weighted by molar-refractivity contribution is 7.96. The average Bonchev–Trinajstić information content (AvgIpc) is 3.05. The predicted molar refractivity (Wildman–Crippen MR) is 191 cm³/mol. The van der Waals surface area contributed by atoms with Crippen LogP contribution in [-0.4, -0.2) is 51.8 Å². The van der Waals surface area contributed by atoms with Gasteiger partial charge in [-0.05, 0) is 75.8 Å². The number of phenolic OH excluding ortho intramolecular Hbond substituents is 1. The number of carbonyl (C=O) groups excluding carboxylic acids is 3. The van der Waals surface area contributed by atoms with E-state index in [0.717, 1.165) is 16.7 Å². The third-order valence-electron chi connectivity index (χ3n) is 6.83. The maximum atomic E-state index is 13.0. The molecule has 13 nitrogen and oxygen atoms in total. The lowest BCUT2D eigenvalue weighted by Gasteiger charge is -2.22. The quantitative estimate of drug-likeness (QED) is 0.0214. The fourth-order valence-corrected chi connectivity index (χ4v) is 5.13. The van der Waals surface area contributed by atoms with Crippen LogP contribution in [0, 0.1) is 15.5 Å². The van der Waals surface area contributed by atoms with Crippen molar-refractivity contribution in [3.05, 3.63) is 105 Å². The van der Waals surface area contributed by atoms with Crippen LogP contribution in [0.25, 0.3) is 0 Å². The fraction of sp³-hybridized carbons (Fsp3) is 0.371. The molecule has 3 aromatic carbocycles. The normalized spacial score (nSPS) is 12.0. The van der Waals surface area contributed by atoms with Gasteiger partial charge >= 0.3 is 5.97 Å². The van der Waals surface area contributed by atoms with E-state index in [1.807, 2.05) is 52.0 Å². The number of phenols is 1. The second-order valence-electron chi connectivity index (χ2n) is 12.2. The number of hydrogen-bond acceptors (Lipinski definition) is 10. The zero-order valence-corrected chi connectivity index (χ0v) is 29.0. The van der Waals surface area contributed by atoms with Crippen LogP contribution in [0.1, 0.15) is 69.2 Å². The number of nitrogens with two attached hydrogens (primary N) is 1. The largest absolute Gasteiger partial charge is 0.508 e. The van der Waals surface area contributed by atoms with Crippen molar-refractivity contribution in [2.45, 2.75) is 83.4 Å². The Morgan fingerprint density at radius 2 is 1.59 bits per heavy atom. The highest BCUT2D eigenvalue weighted by Crippen LogP contribution is 2.18. The summed E-state index contributed by atoms with van der Waals surface area (Å²) in [5, 5.41) is 33.0. The molecule has 7 N–H and O–H groups in total. The van der Waals surface area contributed by atoms with E-state index in [0.29, 0.717) is 43.5 Å². The zero-order valence-electron chi connectivity index (χ0n) is 28.2. The fourth-order valence-electron chi connectivity index (χ4n) is 4.26. The van der Waals surface area contributed by atoms with Gasteiger partial charge in [0.1, 0.15) is 17.2 Å².